The molecule has 0 radical (unpaired) electrons. The molecule has 7 nitrogen and oxygen atoms in total. The van der Waals surface area contributed by atoms with Crippen molar-refractivity contribution in [3.8, 4) is 5.69 Å². The van der Waals surface area contributed by atoms with Gasteiger partial charge in [-0.1, -0.05) is 60.7 Å². The topological polar surface area (TPSA) is 70.5 Å². The minimum absolute atomic E-state index is 0.234. The number of benzene rings is 3. The van der Waals surface area contributed by atoms with Gasteiger partial charge in [-0.3, -0.25) is 14.5 Å². The lowest BCUT2D eigenvalue weighted by atomic mass is 10.1. The Morgan fingerprint density at radius 3 is 2.31 bits per heavy atom. The number of nitrogens with one attached hydrogen (secondary N) is 1. The summed E-state index contributed by atoms with van der Waals surface area (Å²) in [4.78, 5) is 31.1. The number of hydrogen-bond acceptors (Lipinski definition) is 5. The van der Waals surface area contributed by atoms with Crippen molar-refractivity contribution in [1.29, 1.82) is 0 Å². The summed E-state index contributed by atoms with van der Waals surface area (Å²) < 4.78 is 1.30. The van der Waals surface area contributed by atoms with Gasteiger partial charge in [0.25, 0.3) is 11.5 Å². The number of para-hydroxylation sites is 1. The van der Waals surface area contributed by atoms with Crippen molar-refractivity contribution < 1.29 is 4.79 Å². The van der Waals surface area contributed by atoms with Crippen molar-refractivity contribution in [2.45, 2.75) is 13.1 Å². The van der Waals surface area contributed by atoms with E-state index in [1.54, 1.807) is 30.3 Å². The largest absolute Gasteiger partial charge is 0.347 e. The molecule has 0 aliphatic carbocycles. The standard InChI is InChI=1S/C28H29N5O2/c1-31-14-16-32(17-15-31)20-22-9-7-8-21(18-22)19-29-27(34)26-24-12-5-6-13-25(24)28(35)33(30-26)23-10-3-2-4-11-23/h2-13,18H,14-17,19-20H2,1H3,(H,29,34). The Balaban J connectivity index is 1.36. The normalized spacial score (nSPS) is 14.8. The summed E-state index contributed by atoms with van der Waals surface area (Å²) in [6.45, 7) is 5.59. The van der Waals surface area contributed by atoms with E-state index in [4.69, 9.17) is 0 Å². The molecule has 1 N–H and O–H groups in total. The number of amides is 1. The Labute approximate surface area is 204 Å². The van der Waals surface area contributed by atoms with Crippen molar-refractivity contribution in [2.75, 3.05) is 33.2 Å². The SMILES string of the molecule is CN1CCN(Cc2cccc(CNC(=O)c3nn(-c4ccccc4)c(=O)c4ccccc34)c2)CC1. The number of carbonyl (C=O) groups excluding carboxylic acids is 1. The predicted molar refractivity (Wildman–Crippen MR) is 138 cm³/mol. The average molecular weight is 468 g/mol. The van der Waals surface area contributed by atoms with Gasteiger partial charge in [0, 0.05) is 44.7 Å². The summed E-state index contributed by atoms with van der Waals surface area (Å²) in [5.41, 5.74) is 2.87. The summed E-state index contributed by atoms with van der Waals surface area (Å²) in [7, 11) is 2.16. The van der Waals surface area contributed by atoms with Gasteiger partial charge in [-0.25, -0.2) is 0 Å². The number of hydrogen-bond donors (Lipinski definition) is 1. The van der Waals surface area contributed by atoms with E-state index in [9.17, 15) is 9.59 Å². The molecule has 0 saturated carbocycles. The maximum atomic E-state index is 13.3. The van der Waals surface area contributed by atoms with E-state index in [0.717, 1.165) is 38.3 Å². The van der Waals surface area contributed by atoms with Gasteiger partial charge in [0.05, 0.1) is 11.1 Å². The van der Waals surface area contributed by atoms with Gasteiger partial charge in [-0.2, -0.15) is 9.78 Å². The Hall–Kier alpha value is -3.81. The van der Waals surface area contributed by atoms with Crippen LogP contribution >= 0.6 is 0 Å². The van der Waals surface area contributed by atoms with Gasteiger partial charge < -0.3 is 10.2 Å². The van der Waals surface area contributed by atoms with Crippen molar-refractivity contribution in [3.63, 3.8) is 0 Å². The van der Waals surface area contributed by atoms with Crippen LogP contribution in [0.2, 0.25) is 0 Å². The molecule has 0 unspecified atom stereocenters. The second kappa shape index (κ2) is 10.2. The molecule has 1 aliphatic heterocycles. The molecular weight excluding hydrogens is 438 g/mol. The molecule has 4 aromatic rings. The fraction of sp³-hybridized carbons (Fsp3) is 0.250. The molecule has 5 rings (SSSR count). The Bertz CT molecular complexity index is 1390. The lowest BCUT2D eigenvalue weighted by Gasteiger charge is -2.32. The maximum absolute atomic E-state index is 13.3. The molecule has 1 aromatic heterocycles. The number of aromatic nitrogens is 2. The number of nitrogens with zero attached hydrogens (tertiary/aromatic N) is 4. The quantitative estimate of drug-likeness (QED) is 0.472. The lowest BCUT2D eigenvalue weighted by molar-refractivity contribution is 0.0946. The van der Waals surface area contributed by atoms with Crippen LogP contribution in [-0.2, 0) is 13.1 Å². The van der Waals surface area contributed by atoms with E-state index in [0.29, 0.717) is 23.0 Å². The highest BCUT2D eigenvalue weighted by atomic mass is 16.2. The molecule has 0 spiro atoms. The molecular formula is C28H29N5O2. The van der Waals surface area contributed by atoms with Crippen LogP contribution in [0.4, 0.5) is 0 Å². The van der Waals surface area contributed by atoms with Gasteiger partial charge in [0.2, 0.25) is 0 Å². The molecule has 178 valence electrons. The van der Waals surface area contributed by atoms with Crippen LogP contribution in [0.3, 0.4) is 0 Å². The van der Waals surface area contributed by atoms with Gasteiger partial charge in [-0.15, -0.1) is 0 Å². The van der Waals surface area contributed by atoms with E-state index >= 15 is 0 Å². The van der Waals surface area contributed by atoms with Gasteiger partial charge in [-0.05, 0) is 36.4 Å². The van der Waals surface area contributed by atoms with Crippen LogP contribution in [0.1, 0.15) is 21.6 Å². The number of fused-ring (bicyclic) bond motifs is 1. The van der Waals surface area contributed by atoms with Crippen LogP contribution in [0.5, 0.6) is 0 Å². The Morgan fingerprint density at radius 1 is 0.857 bits per heavy atom. The highest BCUT2D eigenvalue weighted by Gasteiger charge is 2.18. The number of likely N-dealkylation sites (N-methyl/N-ethyl adjacent to an activating group) is 1. The summed E-state index contributed by atoms with van der Waals surface area (Å²) in [6, 6.07) is 24.6. The lowest BCUT2D eigenvalue weighted by Crippen LogP contribution is -2.43. The first kappa shape index (κ1) is 23.0. The van der Waals surface area contributed by atoms with Crippen LogP contribution < -0.4 is 10.9 Å². The van der Waals surface area contributed by atoms with Crippen molar-refractivity contribution in [3.05, 3.63) is 106 Å². The third-order valence-electron chi connectivity index (χ3n) is 6.47. The Morgan fingerprint density at radius 2 is 1.54 bits per heavy atom. The minimum atomic E-state index is -0.310. The summed E-state index contributed by atoms with van der Waals surface area (Å²) in [6.07, 6.45) is 0. The number of carbonyl (C=O) groups is 1. The van der Waals surface area contributed by atoms with E-state index in [1.807, 2.05) is 36.4 Å². The monoisotopic (exact) mass is 467 g/mol. The minimum Gasteiger partial charge on any atom is -0.347 e. The van der Waals surface area contributed by atoms with E-state index in [1.165, 1.54) is 10.2 Å². The van der Waals surface area contributed by atoms with Gasteiger partial charge in [0.1, 0.15) is 0 Å². The molecule has 7 heteroatoms. The molecule has 1 saturated heterocycles. The van der Waals surface area contributed by atoms with Crippen molar-refractivity contribution >= 4 is 16.7 Å². The van der Waals surface area contributed by atoms with Crippen LogP contribution in [-0.4, -0.2) is 58.7 Å². The van der Waals surface area contributed by atoms with Crippen LogP contribution in [0.25, 0.3) is 16.5 Å². The molecule has 35 heavy (non-hydrogen) atoms. The van der Waals surface area contributed by atoms with Crippen LogP contribution in [0.15, 0.2) is 83.7 Å². The summed E-state index contributed by atoms with van der Waals surface area (Å²) in [5.74, 6) is -0.310. The zero-order valence-electron chi connectivity index (χ0n) is 19.9. The Kier molecular flexibility index (Phi) is 6.70. The van der Waals surface area contributed by atoms with Crippen molar-refractivity contribution in [1.82, 2.24) is 24.9 Å². The van der Waals surface area contributed by atoms with E-state index < -0.39 is 0 Å². The number of piperazine rings is 1. The first-order valence-corrected chi connectivity index (χ1v) is 11.9. The number of rotatable bonds is 6. The first-order chi connectivity index (χ1) is 17.1. The molecule has 2 heterocycles. The zero-order valence-corrected chi connectivity index (χ0v) is 19.9. The molecule has 1 fully saturated rings. The smallest absolute Gasteiger partial charge is 0.279 e. The summed E-state index contributed by atoms with van der Waals surface area (Å²) >= 11 is 0. The fourth-order valence-corrected chi connectivity index (χ4v) is 4.47. The third-order valence-corrected chi connectivity index (χ3v) is 6.47. The molecule has 3 aromatic carbocycles. The highest BCUT2D eigenvalue weighted by molar-refractivity contribution is 6.04. The molecule has 0 atom stereocenters. The van der Waals surface area contributed by atoms with Crippen molar-refractivity contribution in [2.24, 2.45) is 0 Å². The average Bonchev–Trinajstić information content (AvgIpc) is 2.90. The first-order valence-electron chi connectivity index (χ1n) is 11.9. The predicted octanol–water partition coefficient (Wildman–Crippen LogP) is 3.06. The molecule has 1 amide bonds. The third kappa shape index (κ3) is 5.16. The van der Waals surface area contributed by atoms with E-state index in [2.05, 4.69) is 39.4 Å². The zero-order chi connectivity index (χ0) is 24.2. The second-order valence-electron chi connectivity index (χ2n) is 9.03. The second-order valence-corrected chi connectivity index (χ2v) is 9.03. The highest BCUT2D eigenvalue weighted by Crippen LogP contribution is 2.16. The van der Waals surface area contributed by atoms with Gasteiger partial charge >= 0.3 is 0 Å². The molecule has 1 aliphatic rings. The maximum Gasteiger partial charge on any atom is 0.279 e. The molecule has 0 bridgehead atoms. The van der Waals surface area contributed by atoms with E-state index in [-0.39, 0.29) is 17.2 Å². The summed E-state index contributed by atoms with van der Waals surface area (Å²) in [5, 5.41) is 8.48. The fourth-order valence-electron chi connectivity index (χ4n) is 4.47. The van der Waals surface area contributed by atoms with Crippen LogP contribution in [0, 0.1) is 0 Å². The van der Waals surface area contributed by atoms with Gasteiger partial charge in [0.15, 0.2) is 5.69 Å².